The van der Waals surface area contributed by atoms with Crippen LogP contribution in [0, 0.1) is 0 Å². The van der Waals surface area contributed by atoms with Gasteiger partial charge in [-0.05, 0) is 37.7 Å². The molecule has 1 atom stereocenters. The first-order valence-corrected chi connectivity index (χ1v) is 5.55. The third kappa shape index (κ3) is 1.74. The van der Waals surface area contributed by atoms with Crippen molar-refractivity contribution in [2.45, 2.75) is 19.4 Å². The molecule has 0 bridgehead atoms. The zero-order valence-corrected chi connectivity index (χ0v) is 9.60. The van der Waals surface area contributed by atoms with Crippen LogP contribution >= 0.6 is 0 Å². The Kier molecular flexibility index (Phi) is 3.06. The Bertz CT molecular complexity index is 497. The van der Waals surface area contributed by atoms with Gasteiger partial charge in [0.05, 0.1) is 11.7 Å². The van der Waals surface area contributed by atoms with Gasteiger partial charge < -0.3 is 9.72 Å². The van der Waals surface area contributed by atoms with Crippen LogP contribution in [0.4, 0.5) is 0 Å². The molecule has 0 aliphatic carbocycles. The molecule has 0 saturated carbocycles. The number of aromatic nitrogens is 1. The lowest BCUT2D eigenvalue weighted by molar-refractivity contribution is 0.0938. The highest BCUT2D eigenvalue weighted by Crippen LogP contribution is 2.11. The van der Waals surface area contributed by atoms with Gasteiger partial charge in [-0.2, -0.15) is 0 Å². The maximum Gasteiger partial charge on any atom is 0.196 e. The van der Waals surface area contributed by atoms with Crippen molar-refractivity contribution in [1.82, 2.24) is 9.72 Å². The molecule has 0 aliphatic rings. The van der Waals surface area contributed by atoms with Crippen molar-refractivity contribution in [2.75, 3.05) is 7.05 Å². The van der Waals surface area contributed by atoms with E-state index in [1.807, 2.05) is 54.9 Å². The van der Waals surface area contributed by atoms with Gasteiger partial charge in [0.25, 0.3) is 0 Å². The maximum atomic E-state index is 12.2. The summed E-state index contributed by atoms with van der Waals surface area (Å²) < 4.78 is 1.93. The number of likely N-dealkylation sites (N-methyl/N-ethyl adjacent to an activating group) is 1. The average molecular weight is 216 g/mol. The van der Waals surface area contributed by atoms with Gasteiger partial charge in [-0.1, -0.05) is 13.0 Å². The van der Waals surface area contributed by atoms with Gasteiger partial charge in [-0.15, -0.1) is 0 Å². The van der Waals surface area contributed by atoms with Crippen LogP contribution < -0.4 is 5.32 Å². The quantitative estimate of drug-likeness (QED) is 0.794. The van der Waals surface area contributed by atoms with Gasteiger partial charge >= 0.3 is 0 Å². The number of fused-ring (bicyclic) bond motifs is 1. The molecule has 16 heavy (non-hydrogen) atoms. The molecule has 0 spiro atoms. The monoisotopic (exact) mass is 216 g/mol. The molecule has 1 N–H and O–H groups in total. The standard InChI is InChI=1S/C13H16N2O/c1-3-11(14-2)13(16)12-8-4-6-10-7-5-9-15(10)12/h4-9,11,14H,3H2,1-2H3. The lowest BCUT2D eigenvalue weighted by atomic mass is 10.1. The van der Waals surface area contributed by atoms with Crippen LogP contribution in [-0.2, 0) is 0 Å². The Hall–Kier alpha value is -1.61. The van der Waals surface area contributed by atoms with Crippen molar-refractivity contribution >= 4 is 11.3 Å². The fourth-order valence-electron chi connectivity index (χ4n) is 1.97. The van der Waals surface area contributed by atoms with Crippen LogP contribution in [-0.4, -0.2) is 23.3 Å². The first-order valence-electron chi connectivity index (χ1n) is 5.55. The third-order valence-corrected chi connectivity index (χ3v) is 2.89. The van der Waals surface area contributed by atoms with E-state index in [4.69, 9.17) is 0 Å². The maximum absolute atomic E-state index is 12.2. The van der Waals surface area contributed by atoms with Crippen LogP contribution in [0.5, 0.6) is 0 Å². The van der Waals surface area contributed by atoms with Crippen LogP contribution in [0.1, 0.15) is 23.8 Å². The summed E-state index contributed by atoms with van der Waals surface area (Å²) in [7, 11) is 1.82. The molecule has 3 heteroatoms. The van der Waals surface area contributed by atoms with E-state index in [9.17, 15) is 4.79 Å². The number of carbonyl (C=O) groups is 1. The molecule has 2 heterocycles. The largest absolute Gasteiger partial charge is 0.314 e. The molecular weight excluding hydrogens is 200 g/mol. The second kappa shape index (κ2) is 4.49. The number of carbonyl (C=O) groups excluding carboxylic acids is 1. The molecule has 0 aromatic carbocycles. The summed E-state index contributed by atoms with van der Waals surface area (Å²) in [6.45, 7) is 2.01. The van der Waals surface area contributed by atoms with Crippen LogP contribution in [0.3, 0.4) is 0 Å². The van der Waals surface area contributed by atoms with Crippen molar-refractivity contribution in [2.24, 2.45) is 0 Å². The number of pyridine rings is 1. The van der Waals surface area contributed by atoms with Crippen molar-refractivity contribution in [3.8, 4) is 0 Å². The van der Waals surface area contributed by atoms with Gasteiger partial charge in [-0.25, -0.2) is 0 Å². The Labute approximate surface area is 95.1 Å². The van der Waals surface area contributed by atoms with E-state index in [0.29, 0.717) is 0 Å². The Morgan fingerprint density at radius 2 is 2.12 bits per heavy atom. The van der Waals surface area contributed by atoms with Crippen molar-refractivity contribution in [3.05, 3.63) is 42.2 Å². The fraction of sp³-hybridized carbons (Fsp3) is 0.308. The molecule has 0 aliphatic heterocycles. The minimum absolute atomic E-state index is 0.104. The van der Waals surface area contributed by atoms with E-state index >= 15 is 0 Å². The minimum Gasteiger partial charge on any atom is -0.314 e. The van der Waals surface area contributed by atoms with Crippen LogP contribution in [0.15, 0.2) is 36.5 Å². The highest BCUT2D eigenvalue weighted by molar-refractivity contribution is 5.99. The SMILES string of the molecule is CCC(NC)C(=O)c1cccc2cccn12. The Morgan fingerprint density at radius 1 is 1.38 bits per heavy atom. The molecular formula is C13H16N2O. The predicted molar refractivity (Wildman–Crippen MR) is 64.9 cm³/mol. The number of Topliss-reactive ketones (excluding diaryl/α,β-unsaturated/α-hetero) is 1. The number of hydrogen-bond acceptors (Lipinski definition) is 2. The molecule has 84 valence electrons. The normalized spacial score (nSPS) is 12.9. The fourth-order valence-corrected chi connectivity index (χ4v) is 1.97. The number of nitrogens with zero attached hydrogens (tertiary/aromatic N) is 1. The van der Waals surface area contributed by atoms with E-state index < -0.39 is 0 Å². The number of ketones is 1. The summed E-state index contributed by atoms with van der Waals surface area (Å²) in [5, 5.41) is 3.04. The van der Waals surface area contributed by atoms with E-state index in [1.54, 1.807) is 0 Å². The summed E-state index contributed by atoms with van der Waals surface area (Å²) >= 11 is 0. The molecule has 2 rings (SSSR count). The van der Waals surface area contributed by atoms with Gasteiger partial charge in [0.2, 0.25) is 0 Å². The summed E-state index contributed by atoms with van der Waals surface area (Å²) in [5.41, 5.74) is 1.79. The molecule has 1 unspecified atom stereocenters. The zero-order chi connectivity index (χ0) is 11.5. The van der Waals surface area contributed by atoms with Gasteiger partial charge in [0.15, 0.2) is 5.78 Å². The van der Waals surface area contributed by atoms with E-state index in [2.05, 4.69) is 5.32 Å². The van der Waals surface area contributed by atoms with Crippen LogP contribution in [0.25, 0.3) is 5.52 Å². The average Bonchev–Trinajstić information content (AvgIpc) is 2.78. The molecule has 2 aromatic heterocycles. The molecule has 0 amide bonds. The summed E-state index contributed by atoms with van der Waals surface area (Å²) in [6.07, 6.45) is 2.72. The minimum atomic E-state index is -0.104. The second-order valence-electron chi connectivity index (χ2n) is 3.83. The van der Waals surface area contributed by atoms with Crippen LogP contribution in [0.2, 0.25) is 0 Å². The first kappa shape index (κ1) is 10.9. The number of nitrogens with one attached hydrogen (secondary N) is 1. The summed E-state index contributed by atoms with van der Waals surface area (Å²) in [5.74, 6) is 0.145. The van der Waals surface area contributed by atoms with E-state index in [0.717, 1.165) is 17.6 Å². The topological polar surface area (TPSA) is 33.5 Å². The van der Waals surface area contributed by atoms with Gasteiger partial charge in [0.1, 0.15) is 0 Å². The summed E-state index contributed by atoms with van der Waals surface area (Å²) in [4.78, 5) is 12.2. The summed E-state index contributed by atoms with van der Waals surface area (Å²) in [6, 6.07) is 9.63. The van der Waals surface area contributed by atoms with Crippen molar-refractivity contribution < 1.29 is 4.79 Å². The Balaban J connectivity index is 2.46. The zero-order valence-electron chi connectivity index (χ0n) is 9.60. The van der Waals surface area contributed by atoms with Gasteiger partial charge in [-0.3, -0.25) is 4.79 Å². The smallest absolute Gasteiger partial charge is 0.196 e. The molecule has 0 saturated heterocycles. The molecule has 3 nitrogen and oxygen atoms in total. The number of hydrogen-bond donors (Lipinski definition) is 1. The highest BCUT2D eigenvalue weighted by atomic mass is 16.1. The van der Waals surface area contributed by atoms with Gasteiger partial charge in [0, 0.05) is 11.7 Å². The lowest BCUT2D eigenvalue weighted by Crippen LogP contribution is -2.34. The highest BCUT2D eigenvalue weighted by Gasteiger charge is 2.18. The predicted octanol–water partition coefficient (Wildman–Crippen LogP) is 2.12. The third-order valence-electron chi connectivity index (χ3n) is 2.89. The van der Waals surface area contributed by atoms with Crippen molar-refractivity contribution in [3.63, 3.8) is 0 Å². The first-order chi connectivity index (χ1) is 7.77. The van der Waals surface area contributed by atoms with Crippen molar-refractivity contribution in [1.29, 1.82) is 0 Å². The molecule has 0 radical (unpaired) electrons. The lowest BCUT2D eigenvalue weighted by Gasteiger charge is -2.13. The van der Waals surface area contributed by atoms with E-state index in [-0.39, 0.29) is 11.8 Å². The molecule has 0 fully saturated rings. The Morgan fingerprint density at radius 3 is 2.81 bits per heavy atom. The number of rotatable bonds is 4. The molecule has 2 aromatic rings. The van der Waals surface area contributed by atoms with E-state index in [1.165, 1.54) is 0 Å². The second-order valence-corrected chi connectivity index (χ2v) is 3.83.